The van der Waals surface area contributed by atoms with Gasteiger partial charge in [0.25, 0.3) is 0 Å². The first kappa shape index (κ1) is 17.8. The monoisotopic (exact) mass is 294 g/mol. The Balaban J connectivity index is 2.76. The van der Waals surface area contributed by atoms with Crippen LogP contribution in [0, 0.1) is 18.3 Å². The van der Waals surface area contributed by atoms with Gasteiger partial charge in [0.2, 0.25) is 0 Å². The Morgan fingerprint density at radius 3 is 2.10 bits per heavy atom. The largest absolute Gasteiger partial charge is 0.411 e. The Morgan fingerprint density at radius 2 is 1.65 bits per heavy atom. The predicted molar refractivity (Wildman–Crippen MR) is 91.3 cm³/mol. The Kier molecular flexibility index (Phi) is 7.33. The zero-order valence-electron chi connectivity index (χ0n) is 14.1. The van der Waals surface area contributed by atoms with Gasteiger partial charge in [0.15, 0.2) is 8.32 Å². The molecule has 0 aromatic carbocycles. The summed E-state index contributed by atoms with van der Waals surface area (Å²) in [5, 5.41) is 0. The summed E-state index contributed by atoms with van der Waals surface area (Å²) in [6.45, 7) is 9.19. The minimum absolute atomic E-state index is 0.0784. The van der Waals surface area contributed by atoms with Crippen LogP contribution in [-0.2, 0) is 4.43 Å². The van der Waals surface area contributed by atoms with Crippen molar-refractivity contribution in [2.45, 2.75) is 96.4 Å². The lowest BCUT2D eigenvalue weighted by Crippen LogP contribution is -2.46. The van der Waals surface area contributed by atoms with E-state index in [9.17, 15) is 0 Å². The van der Waals surface area contributed by atoms with Gasteiger partial charge in [-0.25, -0.2) is 0 Å². The zero-order valence-corrected chi connectivity index (χ0v) is 15.1. The summed E-state index contributed by atoms with van der Waals surface area (Å²) in [7, 11) is -1.57. The third-order valence-electron chi connectivity index (χ3n) is 5.32. The first-order valence-electron chi connectivity index (χ1n) is 8.66. The van der Waals surface area contributed by atoms with Crippen LogP contribution < -0.4 is 0 Å². The SMILES string of the molecule is C#CCC(C)(CC1CCCCC1)O[Si](CC)(CC)CC. The van der Waals surface area contributed by atoms with E-state index in [0.29, 0.717) is 0 Å². The molecule has 1 atom stereocenters. The molecule has 0 aromatic rings. The topological polar surface area (TPSA) is 9.23 Å². The van der Waals surface area contributed by atoms with Crippen molar-refractivity contribution in [3.8, 4) is 12.3 Å². The van der Waals surface area contributed by atoms with E-state index in [-0.39, 0.29) is 5.60 Å². The molecule has 1 saturated carbocycles. The molecular weight excluding hydrogens is 260 g/mol. The van der Waals surface area contributed by atoms with Gasteiger partial charge in [0, 0.05) is 6.42 Å². The van der Waals surface area contributed by atoms with Gasteiger partial charge in [-0.1, -0.05) is 52.9 Å². The van der Waals surface area contributed by atoms with Crippen molar-refractivity contribution in [2.24, 2.45) is 5.92 Å². The first-order chi connectivity index (χ1) is 9.53. The highest BCUT2D eigenvalue weighted by atomic mass is 28.4. The molecule has 0 radical (unpaired) electrons. The standard InChI is InChI=1S/C18H34OSi/c1-6-15-18(5,16-17-13-11-10-12-14-17)19-20(7-2,8-3)9-4/h1,17H,7-16H2,2-5H3. The maximum absolute atomic E-state index is 6.81. The van der Waals surface area contributed by atoms with E-state index in [0.717, 1.165) is 12.3 Å². The Labute approximate surface area is 128 Å². The fourth-order valence-electron chi connectivity index (χ4n) is 3.86. The van der Waals surface area contributed by atoms with Crippen LogP contribution in [0.4, 0.5) is 0 Å². The molecule has 1 fully saturated rings. The van der Waals surface area contributed by atoms with Crippen LogP contribution in [-0.4, -0.2) is 13.9 Å². The average Bonchev–Trinajstić information content (AvgIpc) is 2.46. The molecule has 0 aromatic heterocycles. The smallest absolute Gasteiger partial charge is 0.192 e. The van der Waals surface area contributed by atoms with E-state index in [1.807, 2.05) is 0 Å². The van der Waals surface area contributed by atoms with Crippen LogP contribution in [0.1, 0.15) is 72.6 Å². The second-order valence-corrected chi connectivity index (χ2v) is 11.6. The molecule has 1 aliphatic rings. The van der Waals surface area contributed by atoms with E-state index in [2.05, 4.69) is 33.6 Å². The van der Waals surface area contributed by atoms with Crippen LogP contribution >= 0.6 is 0 Å². The summed E-state index contributed by atoms with van der Waals surface area (Å²) in [6, 6.07) is 3.64. The first-order valence-corrected chi connectivity index (χ1v) is 11.2. The molecule has 1 unspecified atom stereocenters. The maximum atomic E-state index is 6.81. The van der Waals surface area contributed by atoms with E-state index < -0.39 is 8.32 Å². The molecule has 0 amide bonds. The van der Waals surface area contributed by atoms with E-state index in [1.54, 1.807) is 0 Å². The number of rotatable bonds is 8. The quantitative estimate of drug-likeness (QED) is 0.408. The summed E-state index contributed by atoms with van der Waals surface area (Å²) >= 11 is 0. The lowest BCUT2D eigenvalue weighted by atomic mass is 9.80. The fourth-order valence-corrected chi connectivity index (χ4v) is 6.99. The normalized spacial score (nSPS) is 20.4. The molecule has 1 rings (SSSR count). The zero-order chi connectivity index (χ0) is 15.1. The molecule has 0 saturated heterocycles. The molecule has 0 heterocycles. The minimum Gasteiger partial charge on any atom is -0.411 e. The highest BCUT2D eigenvalue weighted by Crippen LogP contribution is 2.37. The lowest BCUT2D eigenvalue weighted by Gasteiger charge is -2.42. The third kappa shape index (κ3) is 4.93. The number of hydrogen-bond acceptors (Lipinski definition) is 1. The molecule has 1 nitrogen and oxygen atoms in total. The van der Waals surface area contributed by atoms with E-state index in [1.165, 1.54) is 56.7 Å². The number of hydrogen-bond donors (Lipinski definition) is 0. The highest BCUT2D eigenvalue weighted by Gasteiger charge is 2.38. The third-order valence-corrected chi connectivity index (χ3v) is 10.1. The highest BCUT2D eigenvalue weighted by molar-refractivity contribution is 6.73. The predicted octanol–water partition coefficient (Wildman–Crippen LogP) is 5.76. The molecule has 0 bridgehead atoms. The molecule has 0 N–H and O–H groups in total. The van der Waals surface area contributed by atoms with Gasteiger partial charge in [-0.15, -0.1) is 12.3 Å². The summed E-state index contributed by atoms with van der Waals surface area (Å²) in [4.78, 5) is 0. The van der Waals surface area contributed by atoms with Crippen molar-refractivity contribution in [1.29, 1.82) is 0 Å². The minimum atomic E-state index is -1.57. The van der Waals surface area contributed by atoms with Crippen molar-refractivity contribution in [1.82, 2.24) is 0 Å². The van der Waals surface area contributed by atoms with Crippen molar-refractivity contribution >= 4 is 8.32 Å². The van der Waals surface area contributed by atoms with Crippen molar-refractivity contribution in [2.75, 3.05) is 0 Å². The molecule has 0 spiro atoms. The van der Waals surface area contributed by atoms with Gasteiger partial charge in [-0.05, 0) is 37.4 Å². The molecule has 2 heteroatoms. The summed E-state index contributed by atoms with van der Waals surface area (Å²) < 4.78 is 6.81. The second-order valence-electron chi connectivity index (χ2n) is 6.88. The van der Waals surface area contributed by atoms with E-state index >= 15 is 0 Å². The number of terminal acetylenes is 1. The summed E-state index contributed by atoms with van der Waals surface area (Å²) in [5.74, 6) is 3.72. The lowest BCUT2D eigenvalue weighted by molar-refractivity contribution is 0.0464. The Bertz CT molecular complexity index is 302. The van der Waals surface area contributed by atoms with Gasteiger partial charge >= 0.3 is 0 Å². The Hall–Kier alpha value is -0.263. The van der Waals surface area contributed by atoms with Gasteiger partial charge in [-0.2, -0.15) is 0 Å². The maximum Gasteiger partial charge on any atom is 0.192 e. The fraction of sp³-hybridized carbons (Fsp3) is 0.889. The van der Waals surface area contributed by atoms with Crippen molar-refractivity contribution in [3.05, 3.63) is 0 Å². The molecular formula is C18H34OSi. The summed E-state index contributed by atoms with van der Waals surface area (Å²) in [6.07, 6.45) is 14.6. The van der Waals surface area contributed by atoms with Gasteiger partial charge < -0.3 is 4.43 Å². The molecule has 116 valence electrons. The van der Waals surface area contributed by atoms with Crippen molar-refractivity contribution < 1.29 is 4.43 Å². The van der Waals surface area contributed by atoms with Crippen LogP contribution in [0.3, 0.4) is 0 Å². The molecule has 20 heavy (non-hydrogen) atoms. The average molecular weight is 295 g/mol. The van der Waals surface area contributed by atoms with Crippen LogP contribution in [0.5, 0.6) is 0 Å². The molecule has 1 aliphatic carbocycles. The van der Waals surface area contributed by atoms with Crippen LogP contribution in [0.15, 0.2) is 0 Å². The van der Waals surface area contributed by atoms with Gasteiger partial charge in [0.1, 0.15) is 0 Å². The van der Waals surface area contributed by atoms with Gasteiger partial charge in [0.05, 0.1) is 5.60 Å². The summed E-state index contributed by atoms with van der Waals surface area (Å²) in [5.41, 5.74) is -0.0784. The van der Waals surface area contributed by atoms with Crippen molar-refractivity contribution in [3.63, 3.8) is 0 Å². The second kappa shape index (κ2) is 8.25. The van der Waals surface area contributed by atoms with Gasteiger partial charge in [-0.3, -0.25) is 0 Å². The molecule has 0 aliphatic heterocycles. The van der Waals surface area contributed by atoms with Crippen LogP contribution in [0.25, 0.3) is 0 Å². The van der Waals surface area contributed by atoms with Crippen LogP contribution in [0.2, 0.25) is 18.1 Å². The van der Waals surface area contributed by atoms with E-state index in [4.69, 9.17) is 10.8 Å². The Morgan fingerprint density at radius 1 is 1.10 bits per heavy atom.